The molecule has 0 aromatic heterocycles. The summed E-state index contributed by atoms with van der Waals surface area (Å²) in [6.45, 7) is 0. The van der Waals surface area contributed by atoms with Gasteiger partial charge < -0.3 is 0 Å². The topological polar surface area (TPSA) is 0 Å². The van der Waals surface area contributed by atoms with Gasteiger partial charge in [-0.05, 0) is 5.56 Å². The number of benzene rings is 2. The normalized spacial score (nSPS) is 8.29. The third kappa shape index (κ3) is 3.61. The van der Waals surface area contributed by atoms with E-state index in [0.29, 0.717) is 0 Å². The minimum atomic E-state index is 0. The minimum Gasteiger partial charge on any atom is -0.184 e. The first-order valence-electron chi connectivity index (χ1n) is 3.98. The van der Waals surface area contributed by atoms with Crippen molar-refractivity contribution >= 4 is 9.90 Å². The first kappa shape index (κ1) is 14.0. The van der Waals surface area contributed by atoms with Crippen molar-refractivity contribution in [3.05, 3.63) is 60.7 Å². The molecule has 1 radical (unpaired) electrons. The molecule has 14 heavy (non-hydrogen) atoms. The Morgan fingerprint density at radius 1 is 0.714 bits per heavy atom. The molecule has 1 unspecified atom stereocenters. The van der Waals surface area contributed by atoms with E-state index in [4.69, 9.17) is 0 Å². The van der Waals surface area contributed by atoms with Crippen molar-refractivity contribution in [2.75, 3.05) is 0 Å². The molecule has 2 rings (SSSR count). The van der Waals surface area contributed by atoms with Crippen molar-refractivity contribution in [3.8, 4) is 11.1 Å². The summed E-state index contributed by atoms with van der Waals surface area (Å²) in [5.74, 6) is 0. The summed E-state index contributed by atoms with van der Waals surface area (Å²) in [4.78, 5) is 0. The van der Waals surface area contributed by atoms with Crippen LogP contribution in [0.15, 0.2) is 54.6 Å². The average molecular weight is 276 g/mol. The van der Waals surface area contributed by atoms with Crippen molar-refractivity contribution < 1.29 is 32.7 Å². The van der Waals surface area contributed by atoms with Crippen LogP contribution in [-0.4, -0.2) is 0 Å². The van der Waals surface area contributed by atoms with Crippen LogP contribution in [0.5, 0.6) is 0 Å². The Balaban J connectivity index is 0.000000845. The second kappa shape index (κ2) is 7.29. The SMILES string of the molecule is P.[Y].[c-]1ccc(-c2ccccc2)cc1. The molecule has 1 atom stereocenters. The Hall–Kier alpha value is -0.0261. The van der Waals surface area contributed by atoms with Crippen LogP contribution in [0.1, 0.15) is 0 Å². The number of rotatable bonds is 1. The Morgan fingerprint density at radius 2 is 1.21 bits per heavy atom. The van der Waals surface area contributed by atoms with Crippen LogP contribution in [-0.2, 0) is 32.7 Å². The summed E-state index contributed by atoms with van der Waals surface area (Å²) in [6, 6.07) is 21.3. The van der Waals surface area contributed by atoms with Crippen molar-refractivity contribution in [2.45, 2.75) is 0 Å². The molecule has 0 bridgehead atoms. The summed E-state index contributed by atoms with van der Waals surface area (Å²) in [6.07, 6.45) is 0. The Bertz CT molecular complexity index is 308. The molecular formula is C12H12PY-. The molecule has 0 heterocycles. The molecule has 0 nitrogen and oxygen atoms in total. The predicted molar refractivity (Wildman–Crippen MR) is 61.8 cm³/mol. The van der Waals surface area contributed by atoms with Gasteiger partial charge in [-0.2, -0.15) is 40.2 Å². The smallest absolute Gasteiger partial charge is 0 e. The molecule has 0 spiro atoms. The second-order valence-corrected chi connectivity index (χ2v) is 2.65. The van der Waals surface area contributed by atoms with E-state index in [9.17, 15) is 0 Å². The molecule has 0 aliphatic rings. The van der Waals surface area contributed by atoms with E-state index in [0.717, 1.165) is 0 Å². The van der Waals surface area contributed by atoms with E-state index >= 15 is 0 Å². The Kier molecular flexibility index (Phi) is 7.28. The van der Waals surface area contributed by atoms with E-state index in [2.05, 4.69) is 30.3 Å². The monoisotopic (exact) mass is 276 g/mol. The average Bonchev–Trinajstić information content (AvgIpc) is 2.21. The standard InChI is InChI=1S/C12H9.H3P.Y/c1-3-7-11(8-4-1)12-9-5-2-6-10-12;;/h1,3-10H;1H3;/q-1;;. The van der Waals surface area contributed by atoms with Gasteiger partial charge in [-0.25, -0.2) is 0 Å². The van der Waals surface area contributed by atoms with Gasteiger partial charge in [-0.1, -0.05) is 30.3 Å². The van der Waals surface area contributed by atoms with E-state index < -0.39 is 0 Å². The summed E-state index contributed by atoms with van der Waals surface area (Å²) < 4.78 is 0. The molecule has 0 N–H and O–H groups in total. The van der Waals surface area contributed by atoms with E-state index in [1.807, 2.05) is 30.3 Å². The van der Waals surface area contributed by atoms with Crippen LogP contribution >= 0.6 is 9.90 Å². The molecule has 2 heteroatoms. The maximum absolute atomic E-state index is 3.00. The maximum atomic E-state index is 3.00. The van der Waals surface area contributed by atoms with Gasteiger partial charge >= 0.3 is 0 Å². The van der Waals surface area contributed by atoms with Gasteiger partial charge in [0.1, 0.15) is 0 Å². The molecule has 0 saturated heterocycles. The first-order valence-corrected chi connectivity index (χ1v) is 3.98. The molecule has 0 aliphatic heterocycles. The number of hydrogen-bond acceptors (Lipinski definition) is 0. The van der Waals surface area contributed by atoms with Crippen LogP contribution < -0.4 is 0 Å². The zero-order valence-electron chi connectivity index (χ0n) is 7.98. The summed E-state index contributed by atoms with van der Waals surface area (Å²) in [5.41, 5.74) is 2.50. The molecule has 69 valence electrons. The predicted octanol–water partition coefficient (Wildman–Crippen LogP) is 3.21. The van der Waals surface area contributed by atoms with Gasteiger partial charge in [0.25, 0.3) is 0 Å². The third-order valence-corrected chi connectivity index (χ3v) is 1.83. The van der Waals surface area contributed by atoms with E-state index in [1.54, 1.807) is 0 Å². The van der Waals surface area contributed by atoms with Gasteiger partial charge in [0.2, 0.25) is 0 Å². The van der Waals surface area contributed by atoms with Crippen LogP contribution in [0.2, 0.25) is 0 Å². The summed E-state index contributed by atoms with van der Waals surface area (Å²) in [5, 5.41) is 0. The van der Waals surface area contributed by atoms with Crippen molar-refractivity contribution in [3.63, 3.8) is 0 Å². The first-order chi connectivity index (χ1) is 5.97. The van der Waals surface area contributed by atoms with Gasteiger partial charge in [0, 0.05) is 32.7 Å². The molecule has 2 aromatic rings. The van der Waals surface area contributed by atoms with E-state index in [1.165, 1.54) is 11.1 Å². The molecule has 0 amide bonds. The van der Waals surface area contributed by atoms with E-state index in [-0.39, 0.29) is 42.6 Å². The van der Waals surface area contributed by atoms with Crippen LogP contribution in [0.25, 0.3) is 11.1 Å². The largest absolute Gasteiger partial charge is 0.184 e. The van der Waals surface area contributed by atoms with Gasteiger partial charge in [0.05, 0.1) is 0 Å². The second-order valence-electron chi connectivity index (χ2n) is 2.65. The summed E-state index contributed by atoms with van der Waals surface area (Å²) in [7, 11) is 0. The van der Waals surface area contributed by atoms with Crippen molar-refractivity contribution in [1.82, 2.24) is 0 Å². The fourth-order valence-electron chi connectivity index (χ4n) is 1.21. The Labute approximate surface area is 114 Å². The molecule has 0 aliphatic carbocycles. The molecule has 2 aromatic carbocycles. The van der Waals surface area contributed by atoms with Crippen LogP contribution in [0.4, 0.5) is 0 Å². The fourth-order valence-corrected chi connectivity index (χ4v) is 1.21. The quantitative estimate of drug-likeness (QED) is 0.554. The zero-order chi connectivity index (χ0) is 8.23. The van der Waals surface area contributed by atoms with Crippen molar-refractivity contribution in [1.29, 1.82) is 0 Å². The Morgan fingerprint density at radius 3 is 1.79 bits per heavy atom. The van der Waals surface area contributed by atoms with Crippen molar-refractivity contribution in [2.24, 2.45) is 0 Å². The van der Waals surface area contributed by atoms with Crippen LogP contribution in [0.3, 0.4) is 0 Å². The van der Waals surface area contributed by atoms with Gasteiger partial charge in [0.15, 0.2) is 0 Å². The van der Waals surface area contributed by atoms with Gasteiger partial charge in [-0.3, -0.25) is 0 Å². The minimum absolute atomic E-state index is 0. The van der Waals surface area contributed by atoms with Crippen LogP contribution in [0, 0.1) is 6.07 Å². The third-order valence-electron chi connectivity index (χ3n) is 1.83. The maximum Gasteiger partial charge on any atom is 0 e. The van der Waals surface area contributed by atoms with Gasteiger partial charge in [-0.15, -0.1) is 5.56 Å². The summed E-state index contributed by atoms with van der Waals surface area (Å²) >= 11 is 0. The number of hydrogen-bond donors (Lipinski definition) is 0. The molecular weight excluding hydrogens is 264 g/mol. The zero-order valence-corrected chi connectivity index (χ0v) is 12.2. The molecule has 0 saturated carbocycles. The fraction of sp³-hybridized carbons (Fsp3) is 0. The molecule has 0 fully saturated rings.